The normalized spacial score (nSPS) is 23.8. The molecule has 0 N–H and O–H groups in total. The lowest BCUT2D eigenvalue weighted by Gasteiger charge is -2.46. The van der Waals surface area contributed by atoms with Gasteiger partial charge in [-0.1, -0.05) is 0 Å². The van der Waals surface area contributed by atoms with Gasteiger partial charge in [-0.25, -0.2) is 4.79 Å². The van der Waals surface area contributed by atoms with Crippen LogP contribution in [0.4, 0.5) is 19.0 Å². The van der Waals surface area contributed by atoms with Crippen LogP contribution in [0.1, 0.15) is 53.0 Å². The molecule has 1 unspecified atom stereocenters. The molecule has 1 amide bonds. The number of esters is 1. The molecule has 8 nitrogen and oxygen atoms in total. The van der Waals surface area contributed by atoms with Gasteiger partial charge in [-0.05, 0) is 40.7 Å². The number of piperidine rings is 1. The van der Waals surface area contributed by atoms with E-state index in [-0.39, 0.29) is 36.4 Å². The Labute approximate surface area is 203 Å². The largest absolute Gasteiger partial charge is 0.450 e. The average molecular weight is 496 g/mol. The fraction of sp³-hybridized carbons (Fsp3) is 0.667. The number of nitrogens with zero attached hydrogens (tertiary/aromatic N) is 5. The van der Waals surface area contributed by atoms with E-state index in [0.29, 0.717) is 49.8 Å². The maximum Gasteiger partial charge on any atom is 0.418 e. The van der Waals surface area contributed by atoms with E-state index in [4.69, 9.17) is 4.74 Å². The lowest BCUT2D eigenvalue weighted by Crippen LogP contribution is -2.57. The summed E-state index contributed by atoms with van der Waals surface area (Å²) in [5.74, 6) is -0.567. The zero-order valence-electron chi connectivity index (χ0n) is 20.8. The van der Waals surface area contributed by atoms with Gasteiger partial charge in [0, 0.05) is 62.7 Å². The number of hydrogen-bond donors (Lipinski definition) is 0. The van der Waals surface area contributed by atoms with Crippen LogP contribution < -0.4 is 4.90 Å². The van der Waals surface area contributed by atoms with Gasteiger partial charge >= 0.3 is 12.1 Å². The summed E-state index contributed by atoms with van der Waals surface area (Å²) in [6.45, 7) is 12.2. The van der Waals surface area contributed by atoms with Crippen molar-refractivity contribution < 1.29 is 27.5 Å². The number of likely N-dealkylation sites (tertiary alicyclic amines) is 1. The predicted molar refractivity (Wildman–Crippen MR) is 123 cm³/mol. The van der Waals surface area contributed by atoms with Crippen molar-refractivity contribution in [2.24, 2.45) is 0 Å². The molecular formula is C24H32F3N5O3. The second-order valence-electron chi connectivity index (χ2n) is 10.6. The van der Waals surface area contributed by atoms with E-state index in [2.05, 4.69) is 35.9 Å². The van der Waals surface area contributed by atoms with Crippen LogP contribution in [0, 0.1) is 0 Å². The third-order valence-electron chi connectivity index (χ3n) is 7.34. The van der Waals surface area contributed by atoms with Gasteiger partial charge in [-0.2, -0.15) is 18.3 Å². The molecule has 35 heavy (non-hydrogen) atoms. The van der Waals surface area contributed by atoms with Crippen LogP contribution in [0.3, 0.4) is 0 Å². The first-order valence-electron chi connectivity index (χ1n) is 11.9. The number of carbonyl (C=O) groups is 2. The van der Waals surface area contributed by atoms with Crippen molar-refractivity contribution in [3.8, 4) is 0 Å². The molecule has 0 bridgehead atoms. The Hall–Kier alpha value is -2.69. The van der Waals surface area contributed by atoms with Crippen LogP contribution in [0.2, 0.25) is 0 Å². The maximum atomic E-state index is 13.7. The number of alkyl halides is 3. The van der Waals surface area contributed by atoms with Gasteiger partial charge in [0.25, 0.3) is 5.91 Å². The standard InChI is InChI=1S/C24H32F3N5O3/c1-15-14-30(10-11-32(15)18-12-17(13-28-29-18)24(25,26)27)20(33)19-16(2)21(34)35-23(19)6-8-31(9-7-23)22(3,4)5/h12-13,15H,6-11,14H2,1-5H3. The van der Waals surface area contributed by atoms with Crippen molar-refractivity contribution >= 4 is 17.7 Å². The Morgan fingerprint density at radius 3 is 2.37 bits per heavy atom. The SMILES string of the molecule is CC1=C(C(=O)N2CCN(c3cc(C(F)(F)F)cnn3)C(C)C2)C2(CCN(C(C)(C)C)CC2)OC1=O. The Morgan fingerprint density at radius 1 is 1.14 bits per heavy atom. The summed E-state index contributed by atoms with van der Waals surface area (Å²) < 4.78 is 45.2. The highest BCUT2D eigenvalue weighted by Gasteiger charge is 2.52. The Kier molecular flexibility index (Phi) is 6.36. The van der Waals surface area contributed by atoms with Crippen molar-refractivity contribution in [3.05, 3.63) is 29.0 Å². The van der Waals surface area contributed by atoms with E-state index in [1.54, 1.807) is 16.7 Å². The highest BCUT2D eigenvalue weighted by molar-refractivity contribution is 6.07. The quantitative estimate of drug-likeness (QED) is 0.584. The van der Waals surface area contributed by atoms with Gasteiger partial charge < -0.3 is 14.5 Å². The molecule has 0 radical (unpaired) electrons. The number of anilines is 1. The monoisotopic (exact) mass is 495 g/mol. The molecule has 192 valence electrons. The summed E-state index contributed by atoms with van der Waals surface area (Å²) in [6.07, 6.45) is -2.72. The summed E-state index contributed by atoms with van der Waals surface area (Å²) in [6, 6.07) is 0.692. The van der Waals surface area contributed by atoms with Gasteiger partial charge in [0.05, 0.1) is 17.3 Å². The zero-order valence-corrected chi connectivity index (χ0v) is 20.8. The molecule has 0 aliphatic carbocycles. The first-order valence-corrected chi connectivity index (χ1v) is 11.9. The molecule has 3 aliphatic heterocycles. The smallest absolute Gasteiger partial charge is 0.418 e. The van der Waals surface area contributed by atoms with E-state index >= 15 is 0 Å². The Morgan fingerprint density at radius 2 is 1.80 bits per heavy atom. The minimum absolute atomic E-state index is 0.0226. The summed E-state index contributed by atoms with van der Waals surface area (Å²) in [4.78, 5) is 32.0. The van der Waals surface area contributed by atoms with Crippen LogP contribution in [0.25, 0.3) is 0 Å². The fourth-order valence-corrected chi connectivity index (χ4v) is 5.29. The van der Waals surface area contributed by atoms with E-state index in [1.165, 1.54) is 0 Å². The fourth-order valence-electron chi connectivity index (χ4n) is 5.29. The van der Waals surface area contributed by atoms with Crippen LogP contribution in [0.15, 0.2) is 23.4 Å². The van der Waals surface area contributed by atoms with Gasteiger partial charge in [0.1, 0.15) is 5.60 Å². The summed E-state index contributed by atoms with van der Waals surface area (Å²) in [5, 5.41) is 7.40. The minimum Gasteiger partial charge on any atom is -0.450 e. The Bertz CT molecular complexity index is 1040. The number of piperazine rings is 1. The number of rotatable bonds is 2. The third-order valence-corrected chi connectivity index (χ3v) is 7.34. The molecule has 1 atom stereocenters. The predicted octanol–water partition coefficient (Wildman–Crippen LogP) is 3.04. The molecule has 0 aromatic carbocycles. The molecular weight excluding hydrogens is 463 g/mol. The molecule has 1 aromatic heterocycles. The lowest BCUT2D eigenvalue weighted by atomic mass is 9.81. The van der Waals surface area contributed by atoms with Crippen molar-refractivity contribution in [1.29, 1.82) is 0 Å². The van der Waals surface area contributed by atoms with E-state index < -0.39 is 23.3 Å². The van der Waals surface area contributed by atoms with Crippen molar-refractivity contribution in [2.45, 2.75) is 70.8 Å². The number of amides is 1. The topological polar surface area (TPSA) is 78.9 Å². The molecule has 11 heteroatoms. The highest BCUT2D eigenvalue weighted by atomic mass is 19.4. The second-order valence-corrected chi connectivity index (χ2v) is 10.6. The van der Waals surface area contributed by atoms with Gasteiger partial charge in [0.2, 0.25) is 0 Å². The zero-order chi connectivity index (χ0) is 25.8. The summed E-state index contributed by atoms with van der Waals surface area (Å²) >= 11 is 0. The molecule has 0 saturated carbocycles. The van der Waals surface area contributed by atoms with Crippen LogP contribution in [0.5, 0.6) is 0 Å². The Balaban J connectivity index is 1.51. The number of halogens is 3. The van der Waals surface area contributed by atoms with Gasteiger partial charge in [-0.15, -0.1) is 5.10 Å². The molecule has 4 rings (SSSR count). The third kappa shape index (κ3) is 4.74. The van der Waals surface area contributed by atoms with Crippen molar-refractivity contribution in [2.75, 3.05) is 37.6 Å². The molecule has 4 heterocycles. The van der Waals surface area contributed by atoms with Crippen molar-refractivity contribution in [3.63, 3.8) is 0 Å². The average Bonchev–Trinajstić information content (AvgIpc) is 3.01. The number of aromatic nitrogens is 2. The molecule has 1 aromatic rings. The lowest BCUT2D eigenvalue weighted by molar-refractivity contribution is -0.152. The number of hydrogen-bond acceptors (Lipinski definition) is 7. The van der Waals surface area contributed by atoms with Gasteiger partial charge in [-0.3, -0.25) is 9.69 Å². The summed E-state index contributed by atoms with van der Waals surface area (Å²) in [5.41, 5.74) is -1.04. The molecule has 1 spiro atoms. The summed E-state index contributed by atoms with van der Waals surface area (Å²) in [7, 11) is 0. The minimum atomic E-state index is -4.51. The van der Waals surface area contributed by atoms with E-state index in [9.17, 15) is 22.8 Å². The van der Waals surface area contributed by atoms with Crippen LogP contribution >= 0.6 is 0 Å². The first kappa shape index (κ1) is 25.4. The second kappa shape index (κ2) is 8.76. The number of carbonyl (C=O) groups excluding carboxylic acids is 2. The van der Waals surface area contributed by atoms with E-state index in [0.717, 1.165) is 6.07 Å². The maximum absolute atomic E-state index is 13.7. The van der Waals surface area contributed by atoms with E-state index in [1.807, 2.05) is 6.92 Å². The van der Waals surface area contributed by atoms with Crippen molar-refractivity contribution in [1.82, 2.24) is 20.0 Å². The highest BCUT2D eigenvalue weighted by Crippen LogP contribution is 2.43. The molecule has 2 fully saturated rings. The van der Waals surface area contributed by atoms with Crippen LogP contribution in [-0.4, -0.2) is 81.8 Å². The first-order chi connectivity index (χ1) is 16.2. The number of ether oxygens (including phenoxy) is 1. The molecule has 2 saturated heterocycles. The van der Waals surface area contributed by atoms with Gasteiger partial charge in [0.15, 0.2) is 5.82 Å². The van der Waals surface area contributed by atoms with Crippen LogP contribution in [-0.2, 0) is 20.5 Å². The molecule has 3 aliphatic rings.